The Balaban J connectivity index is 2.14. The Kier molecular flexibility index (Phi) is 4.55. The molecule has 110 valence electrons. The molecule has 1 aliphatic carbocycles. The number of halogens is 1. The van der Waals surface area contributed by atoms with Gasteiger partial charge in [-0.3, -0.25) is 4.79 Å². The number of nitrogens with one attached hydrogen (secondary N) is 1. The van der Waals surface area contributed by atoms with Crippen molar-refractivity contribution >= 4 is 17.5 Å². The van der Waals surface area contributed by atoms with E-state index < -0.39 is 5.54 Å². The van der Waals surface area contributed by atoms with Crippen molar-refractivity contribution in [2.45, 2.75) is 38.1 Å². The minimum atomic E-state index is -0.543. The maximum absolute atomic E-state index is 12.3. The lowest BCUT2D eigenvalue weighted by Gasteiger charge is -2.39. The number of amides is 1. The van der Waals surface area contributed by atoms with E-state index in [0.29, 0.717) is 11.5 Å². The molecule has 2 atom stereocenters. The second-order valence-electron chi connectivity index (χ2n) is 5.76. The summed E-state index contributed by atoms with van der Waals surface area (Å²) in [4.78, 5) is 12.3. The summed E-state index contributed by atoms with van der Waals surface area (Å²) in [6.45, 7) is 2.07. The Bertz CT molecular complexity index is 506. The van der Waals surface area contributed by atoms with Crippen molar-refractivity contribution in [2.75, 3.05) is 6.61 Å². The van der Waals surface area contributed by atoms with Crippen LogP contribution >= 0.6 is 11.6 Å². The summed E-state index contributed by atoms with van der Waals surface area (Å²) in [6.07, 6.45) is 3.69. The molecule has 3 N–H and O–H groups in total. The van der Waals surface area contributed by atoms with Gasteiger partial charge in [0.1, 0.15) is 5.75 Å². The zero-order valence-corrected chi connectivity index (χ0v) is 12.3. The number of phenols is 1. The first-order valence-electron chi connectivity index (χ1n) is 6.88. The Morgan fingerprint density at radius 2 is 2.30 bits per heavy atom. The van der Waals surface area contributed by atoms with E-state index in [1.807, 2.05) is 0 Å². The lowest BCUT2D eigenvalue weighted by atomic mass is 9.76. The zero-order chi connectivity index (χ0) is 14.8. The molecule has 0 aromatic heterocycles. The molecular formula is C15H20ClNO3. The Labute approximate surface area is 123 Å². The molecule has 20 heavy (non-hydrogen) atoms. The van der Waals surface area contributed by atoms with Gasteiger partial charge in [0.15, 0.2) is 0 Å². The second-order valence-corrected chi connectivity index (χ2v) is 6.17. The lowest BCUT2D eigenvalue weighted by molar-refractivity contribution is 0.0697. The Morgan fingerprint density at radius 3 is 2.90 bits per heavy atom. The number of aliphatic hydroxyl groups excluding tert-OH is 1. The summed E-state index contributed by atoms with van der Waals surface area (Å²) < 4.78 is 0. The molecule has 1 aromatic rings. The smallest absolute Gasteiger partial charge is 0.251 e. The van der Waals surface area contributed by atoms with Crippen molar-refractivity contribution in [3.05, 3.63) is 28.8 Å². The van der Waals surface area contributed by atoms with Gasteiger partial charge < -0.3 is 15.5 Å². The molecule has 1 fully saturated rings. The van der Waals surface area contributed by atoms with Gasteiger partial charge in [-0.05, 0) is 37.0 Å². The summed E-state index contributed by atoms with van der Waals surface area (Å²) >= 11 is 5.81. The predicted molar refractivity (Wildman–Crippen MR) is 78.0 cm³/mol. The van der Waals surface area contributed by atoms with Crippen LogP contribution < -0.4 is 5.32 Å². The highest BCUT2D eigenvalue weighted by Crippen LogP contribution is 2.32. The van der Waals surface area contributed by atoms with Crippen LogP contribution in [0.1, 0.15) is 43.0 Å². The quantitative estimate of drug-likeness (QED) is 0.803. The van der Waals surface area contributed by atoms with Crippen LogP contribution in [-0.2, 0) is 0 Å². The SMILES string of the molecule is CC1CCCC(CO)(NC(=O)c2ccc(O)c(Cl)c2)C1. The minimum absolute atomic E-state index is 0.0497. The van der Waals surface area contributed by atoms with Crippen LogP contribution in [0, 0.1) is 5.92 Å². The Hall–Kier alpha value is -1.26. The molecule has 1 aromatic carbocycles. The molecule has 5 heteroatoms. The molecular weight excluding hydrogens is 278 g/mol. The van der Waals surface area contributed by atoms with Crippen molar-refractivity contribution in [1.82, 2.24) is 5.32 Å². The largest absolute Gasteiger partial charge is 0.506 e. The highest BCUT2D eigenvalue weighted by Gasteiger charge is 2.35. The van der Waals surface area contributed by atoms with Gasteiger partial charge in [-0.2, -0.15) is 0 Å². The van der Waals surface area contributed by atoms with Crippen LogP contribution in [0.25, 0.3) is 0 Å². The fourth-order valence-corrected chi connectivity index (χ4v) is 3.10. The maximum Gasteiger partial charge on any atom is 0.251 e. The summed E-state index contributed by atoms with van der Waals surface area (Å²) in [5.41, 5.74) is -0.155. The average Bonchev–Trinajstić information content (AvgIpc) is 2.41. The number of benzene rings is 1. The highest BCUT2D eigenvalue weighted by atomic mass is 35.5. The van der Waals surface area contributed by atoms with Crippen LogP contribution in [0.3, 0.4) is 0 Å². The summed E-state index contributed by atoms with van der Waals surface area (Å²) in [5, 5.41) is 22.1. The number of phenolic OH excluding ortho intramolecular Hbond substituents is 1. The first kappa shape index (κ1) is 15.1. The fourth-order valence-electron chi connectivity index (χ4n) is 2.92. The van der Waals surface area contributed by atoms with Gasteiger partial charge in [-0.1, -0.05) is 31.4 Å². The number of hydrogen-bond acceptors (Lipinski definition) is 3. The van der Waals surface area contributed by atoms with E-state index in [0.717, 1.165) is 25.7 Å². The van der Waals surface area contributed by atoms with E-state index in [4.69, 9.17) is 11.6 Å². The first-order chi connectivity index (χ1) is 9.46. The number of rotatable bonds is 3. The van der Waals surface area contributed by atoms with Gasteiger partial charge in [-0.25, -0.2) is 0 Å². The van der Waals surface area contributed by atoms with Crippen molar-refractivity contribution in [3.8, 4) is 5.75 Å². The van der Waals surface area contributed by atoms with Crippen LogP contribution in [0.4, 0.5) is 0 Å². The van der Waals surface area contributed by atoms with Crippen molar-refractivity contribution in [3.63, 3.8) is 0 Å². The van der Waals surface area contributed by atoms with Gasteiger partial charge in [0.2, 0.25) is 0 Å². The third-order valence-electron chi connectivity index (χ3n) is 3.98. The molecule has 1 saturated carbocycles. The number of aromatic hydroxyl groups is 1. The van der Waals surface area contributed by atoms with Gasteiger partial charge in [-0.15, -0.1) is 0 Å². The number of carbonyl (C=O) groups excluding carboxylic acids is 1. The van der Waals surface area contributed by atoms with E-state index in [2.05, 4.69) is 12.2 Å². The predicted octanol–water partition coefficient (Wildman–Crippen LogP) is 2.72. The van der Waals surface area contributed by atoms with Crippen molar-refractivity contribution in [2.24, 2.45) is 5.92 Å². The second kappa shape index (κ2) is 6.02. The molecule has 1 aliphatic rings. The molecule has 2 unspecified atom stereocenters. The van der Waals surface area contributed by atoms with E-state index in [-0.39, 0.29) is 23.3 Å². The van der Waals surface area contributed by atoms with E-state index in [9.17, 15) is 15.0 Å². The van der Waals surface area contributed by atoms with Gasteiger partial charge in [0.05, 0.1) is 17.2 Å². The zero-order valence-electron chi connectivity index (χ0n) is 11.5. The van der Waals surface area contributed by atoms with Gasteiger partial charge in [0, 0.05) is 5.56 Å². The molecule has 0 saturated heterocycles. The van der Waals surface area contributed by atoms with Crippen LogP contribution in [0.2, 0.25) is 5.02 Å². The lowest BCUT2D eigenvalue weighted by Crippen LogP contribution is -2.53. The Morgan fingerprint density at radius 1 is 1.55 bits per heavy atom. The normalized spacial score (nSPS) is 26.2. The molecule has 0 heterocycles. The summed E-state index contributed by atoms with van der Waals surface area (Å²) in [5.74, 6) is 0.168. The average molecular weight is 298 g/mol. The molecule has 0 aliphatic heterocycles. The molecule has 2 rings (SSSR count). The number of aliphatic hydroxyl groups is 1. The summed E-state index contributed by atoms with van der Waals surface area (Å²) in [7, 11) is 0. The van der Waals surface area contributed by atoms with Crippen LogP contribution in [-0.4, -0.2) is 28.3 Å². The van der Waals surface area contributed by atoms with Gasteiger partial charge in [0.25, 0.3) is 5.91 Å². The van der Waals surface area contributed by atoms with Crippen molar-refractivity contribution < 1.29 is 15.0 Å². The van der Waals surface area contributed by atoms with Crippen molar-refractivity contribution in [1.29, 1.82) is 0 Å². The van der Waals surface area contributed by atoms with Crippen LogP contribution in [0.5, 0.6) is 5.75 Å². The summed E-state index contributed by atoms with van der Waals surface area (Å²) in [6, 6.07) is 4.35. The first-order valence-corrected chi connectivity index (χ1v) is 7.25. The number of hydrogen-bond donors (Lipinski definition) is 3. The highest BCUT2D eigenvalue weighted by molar-refractivity contribution is 6.32. The van der Waals surface area contributed by atoms with Gasteiger partial charge >= 0.3 is 0 Å². The monoisotopic (exact) mass is 297 g/mol. The van der Waals surface area contributed by atoms with E-state index >= 15 is 0 Å². The minimum Gasteiger partial charge on any atom is -0.506 e. The van der Waals surface area contributed by atoms with Crippen LogP contribution in [0.15, 0.2) is 18.2 Å². The molecule has 0 bridgehead atoms. The molecule has 0 radical (unpaired) electrons. The topological polar surface area (TPSA) is 69.6 Å². The van der Waals surface area contributed by atoms with E-state index in [1.54, 1.807) is 0 Å². The standard InChI is InChI=1S/C15H20ClNO3/c1-10-3-2-6-15(8-10,9-18)17-14(20)11-4-5-13(19)12(16)7-11/h4-5,7,10,18-19H,2-3,6,8-9H2,1H3,(H,17,20). The molecule has 4 nitrogen and oxygen atoms in total. The third-order valence-corrected chi connectivity index (χ3v) is 4.29. The fraction of sp³-hybridized carbons (Fsp3) is 0.533. The third kappa shape index (κ3) is 3.25. The number of carbonyl (C=O) groups is 1. The molecule has 1 amide bonds. The maximum atomic E-state index is 12.3. The van der Waals surface area contributed by atoms with E-state index in [1.165, 1.54) is 18.2 Å². The molecule has 0 spiro atoms.